The molecule has 0 aliphatic carbocycles. The zero-order valence-electron chi connectivity index (χ0n) is 17.5. The second kappa shape index (κ2) is 10.4. The van der Waals surface area contributed by atoms with Crippen LogP contribution in [0.25, 0.3) is 0 Å². The average Bonchev–Trinajstić information content (AvgIpc) is 2.78. The van der Waals surface area contributed by atoms with Crippen LogP contribution in [0.2, 0.25) is 0 Å². The fourth-order valence-corrected chi connectivity index (χ4v) is 4.28. The quantitative estimate of drug-likeness (QED) is 0.609. The van der Waals surface area contributed by atoms with E-state index in [1.54, 1.807) is 23.1 Å². The van der Waals surface area contributed by atoms with Crippen molar-refractivity contribution in [1.82, 2.24) is 14.9 Å². The molecule has 166 valence electrons. The van der Waals surface area contributed by atoms with E-state index >= 15 is 0 Å². The first-order chi connectivity index (χ1) is 14.9. The van der Waals surface area contributed by atoms with Crippen molar-refractivity contribution in [1.29, 1.82) is 0 Å². The first kappa shape index (κ1) is 22.8. The first-order valence-electron chi connectivity index (χ1n) is 10.2. The van der Waals surface area contributed by atoms with Crippen molar-refractivity contribution < 1.29 is 18.0 Å². The molecule has 1 saturated heterocycles. The van der Waals surface area contributed by atoms with Crippen molar-refractivity contribution in [3.63, 3.8) is 0 Å². The Morgan fingerprint density at radius 2 is 1.68 bits per heavy atom. The van der Waals surface area contributed by atoms with Gasteiger partial charge in [-0.3, -0.25) is 4.79 Å². The van der Waals surface area contributed by atoms with E-state index in [-0.39, 0.29) is 23.6 Å². The molecule has 0 unspecified atom stereocenters. The minimum atomic E-state index is -3.35. The molecule has 0 saturated carbocycles. The van der Waals surface area contributed by atoms with Crippen molar-refractivity contribution in [2.45, 2.75) is 25.1 Å². The van der Waals surface area contributed by atoms with Crippen LogP contribution >= 0.6 is 0 Å². The maximum absolute atomic E-state index is 12.5. The molecule has 1 aliphatic rings. The molecule has 0 atom stereocenters. The number of hydrogen-bond acceptors (Lipinski definition) is 4. The molecular formula is C22H28N4O4S. The molecule has 0 spiro atoms. The van der Waals surface area contributed by atoms with E-state index in [0.29, 0.717) is 38.0 Å². The Bertz CT molecular complexity index is 1000. The number of rotatable bonds is 7. The van der Waals surface area contributed by atoms with E-state index in [4.69, 9.17) is 0 Å². The average molecular weight is 445 g/mol. The number of likely N-dealkylation sites (tertiary alicyclic amines) is 1. The summed E-state index contributed by atoms with van der Waals surface area (Å²) in [6, 6.07) is 16.3. The van der Waals surface area contributed by atoms with Crippen LogP contribution in [0.15, 0.2) is 54.6 Å². The van der Waals surface area contributed by atoms with Gasteiger partial charge in [-0.2, -0.15) is 0 Å². The lowest BCUT2D eigenvalue weighted by molar-refractivity contribution is -0.121. The number of sulfonamides is 1. The van der Waals surface area contributed by atoms with E-state index in [1.807, 2.05) is 36.4 Å². The summed E-state index contributed by atoms with van der Waals surface area (Å²) < 4.78 is 25.7. The number of anilines is 1. The third-order valence-electron chi connectivity index (χ3n) is 5.30. The number of para-hydroxylation sites is 1. The van der Waals surface area contributed by atoms with Gasteiger partial charge < -0.3 is 15.5 Å². The number of carbonyl (C=O) groups is 2. The van der Waals surface area contributed by atoms with Crippen molar-refractivity contribution >= 4 is 27.6 Å². The molecule has 1 heterocycles. The van der Waals surface area contributed by atoms with E-state index in [1.165, 1.54) is 7.05 Å². The number of carbonyl (C=O) groups excluding carboxylic acids is 2. The van der Waals surface area contributed by atoms with Gasteiger partial charge in [-0.25, -0.2) is 17.9 Å². The lowest BCUT2D eigenvalue weighted by Crippen LogP contribution is -2.45. The summed E-state index contributed by atoms with van der Waals surface area (Å²) in [5.74, 6) is -0.237. The highest BCUT2D eigenvalue weighted by Gasteiger charge is 2.27. The van der Waals surface area contributed by atoms with Crippen LogP contribution in [-0.4, -0.2) is 45.4 Å². The minimum Gasteiger partial charge on any atom is -0.334 e. The number of urea groups is 1. The van der Waals surface area contributed by atoms with Crippen molar-refractivity contribution in [3.05, 3.63) is 65.7 Å². The number of nitrogens with zero attached hydrogens (tertiary/aromatic N) is 1. The van der Waals surface area contributed by atoms with Crippen LogP contribution in [0.1, 0.15) is 24.0 Å². The van der Waals surface area contributed by atoms with Crippen LogP contribution in [0.5, 0.6) is 0 Å². The molecule has 3 amide bonds. The zero-order chi connectivity index (χ0) is 22.3. The maximum atomic E-state index is 12.5. The van der Waals surface area contributed by atoms with Gasteiger partial charge in [-0.1, -0.05) is 42.5 Å². The Hall–Kier alpha value is -2.91. The Morgan fingerprint density at radius 1 is 1.00 bits per heavy atom. The molecule has 1 aliphatic heterocycles. The van der Waals surface area contributed by atoms with Gasteiger partial charge in [0.25, 0.3) is 0 Å². The molecule has 9 heteroatoms. The fraction of sp³-hybridized carbons (Fsp3) is 0.364. The SMILES string of the molecule is CNS(=O)(=O)Cc1cccc(CNC(=O)N2CCC(C(=O)Nc3ccccc3)CC2)c1. The Balaban J connectivity index is 1.45. The lowest BCUT2D eigenvalue weighted by Gasteiger charge is -2.31. The Morgan fingerprint density at radius 3 is 2.35 bits per heavy atom. The number of nitrogens with one attached hydrogen (secondary N) is 3. The van der Waals surface area contributed by atoms with Gasteiger partial charge in [-0.15, -0.1) is 0 Å². The summed E-state index contributed by atoms with van der Waals surface area (Å²) in [5.41, 5.74) is 2.26. The smallest absolute Gasteiger partial charge is 0.317 e. The van der Waals surface area contributed by atoms with Crippen molar-refractivity contribution in [3.8, 4) is 0 Å². The molecule has 0 radical (unpaired) electrons. The molecule has 31 heavy (non-hydrogen) atoms. The van der Waals surface area contributed by atoms with Crippen LogP contribution in [0, 0.1) is 5.92 Å². The van der Waals surface area contributed by atoms with E-state index < -0.39 is 10.0 Å². The summed E-state index contributed by atoms with van der Waals surface area (Å²) in [4.78, 5) is 26.6. The van der Waals surface area contributed by atoms with Gasteiger partial charge >= 0.3 is 6.03 Å². The predicted molar refractivity (Wildman–Crippen MR) is 120 cm³/mol. The topological polar surface area (TPSA) is 108 Å². The number of piperidine rings is 1. The molecule has 0 aromatic heterocycles. The normalized spacial score (nSPS) is 14.8. The van der Waals surface area contributed by atoms with E-state index in [0.717, 1.165) is 11.3 Å². The third kappa shape index (κ3) is 6.80. The molecular weight excluding hydrogens is 416 g/mol. The second-order valence-electron chi connectivity index (χ2n) is 7.56. The van der Waals surface area contributed by atoms with Crippen molar-refractivity contribution in [2.75, 3.05) is 25.5 Å². The first-order valence-corrected chi connectivity index (χ1v) is 11.9. The summed E-state index contributed by atoms with van der Waals surface area (Å²) in [6.07, 6.45) is 1.23. The minimum absolute atomic E-state index is 0.0143. The molecule has 0 bridgehead atoms. The van der Waals surface area contributed by atoms with Crippen molar-refractivity contribution in [2.24, 2.45) is 5.92 Å². The van der Waals surface area contributed by atoms with Gasteiger partial charge in [0, 0.05) is 31.2 Å². The lowest BCUT2D eigenvalue weighted by atomic mass is 9.96. The Kier molecular flexibility index (Phi) is 7.64. The highest BCUT2D eigenvalue weighted by atomic mass is 32.2. The summed E-state index contributed by atoms with van der Waals surface area (Å²) in [7, 11) is -1.97. The Labute approximate surface area is 183 Å². The molecule has 3 N–H and O–H groups in total. The van der Waals surface area contributed by atoms with Crippen LogP contribution in [-0.2, 0) is 27.1 Å². The van der Waals surface area contributed by atoms with Gasteiger partial charge in [0.1, 0.15) is 0 Å². The predicted octanol–water partition coefficient (Wildman–Crippen LogP) is 2.30. The highest BCUT2D eigenvalue weighted by molar-refractivity contribution is 7.88. The molecule has 8 nitrogen and oxygen atoms in total. The zero-order valence-corrected chi connectivity index (χ0v) is 18.3. The fourth-order valence-electron chi connectivity index (χ4n) is 3.52. The maximum Gasteiger partial charge on any atom is 0.317 e. The van der Waals surface area contributed by atoms with Crippen LogP contribution < -0.4 is 15.4 Å². The number of hydrogen-bond donors (Lipinski definition) is 3. The van der Waals surface area contributed by atoms with Gasteiger partial charge in [0.05, 0.1) is 5.75 Å². The highest BCUT2D eigenvalue weighted by Crippen LogP contribution is 2.19. The van der Waals surface area contributed by atoms with Gasteiger partial charge in [-0.05, 0) is 43.1 Å². The largest absolute Gasteiger partial charge is 0.334 e. The van der Waals surface area contributed by atoms with Gasteiger partial charge in [0.2, 0.25) is 15.9 Å². The van der Waals surface area contributed by atoms with Gasteiger partial charge in [0.15, 0.2) is 0 Å². The second-order valence-corrected chi connectivity index (χ2v) is 9.48. The monoisotopic (exact) mass is 444 g/mol. The van der Waals surface area contributed by atoms with E-state index in [9.17, 15) is 18.0 Å². The van der Waals surface area contributed by atoms with Crippen LogP contribution in [0.3, 0.4) is 0 Å². The summed E-state index contributed by atoms with van der Waals surface area (Å²) in [5, 5.41) is 5.80. The molecule has 1 fully saturated rings. The summed E-state index contributed by atoms with van der Waals surface area (Å²) >= 11 is 0. The molecule has 2 aromatic rings. The van der Waals surface area contributed by atoms with E-state index in [2.05, 4.69) is 15.4 Å². The molecule has 3 rings (SSSR count). The summed E-state index contributed by atoms with van der Waals surface area (Å²) in [6.45, 7) is 1.33. The standard InChI is InChI=1S/C22H28N4O4S/c1-23-31(29,30)16-18-7-5-6-17(14-18)15-24-22(28)26-12-10-19(11-13-26)21(27)25-20-8-3-2-4-9-20/h2-9,14,19,23H,10-13,15-16H2,1H3,(H,24,28)(H,25,27). The van der Waals surface area contributed by atoms with Crippen LogP contribution in [0.4, 0.5) is 10.5 Å². The number of amides is 3. The third-order valence-corrected chi connectivity index (χ3v) is 6.63. The number of benzene rings is 2. The molecule has 2 aromatic carbocycles.